The van der Waals surface area contributed by atoms with Gasteiger partial charge < -0.3 is 19.8 Å². The lowest BCUT2D eigenvalue weighted by molar-refractivity contribution is -0.147. The molecule has 0 saturated heterocycles. The van der Waals surface area contributed by atoms with E-state index in [4.69, 9.17) is 9.15 Å². The predicted molar refractivity (Wildman–Crippen MR) is 89.2 cm³/mol. The average molecular weight is 350 g/mol. The second-order valence-electron chi connectivity index (χ2n) is 5.14. The van der Waals surface area contributed by atoms with E-state index < -0.39 is 0 Å². The van der Waals surface area contributed by atoms with E-state index in [2.05, 4.69) is 10.6 Å². The van der Waals surface area contributed by atoms with Crippen LogP contribution in [0.3, 0.4) is 0 Å². The summed E-state index contributed by atoms with van der Waals surface area (Å²) in [4.78, 5) is 35.6. The first-order chi connectivity index (χ1) is 11.5. The van der Waals surface area contributed by atoms with E-state index in [0.29, 0.717) is 9.88 Å². The van der Waals surface area contributed by atoms with Crippen molar-refractivity contribution in [3.05, 3.63) is 41.2 Å². The van der Waals surface area contributed by atoms with Gasteiger partial charge in [0, 0.05) is 6.54 Å². The summed E-state index contributed by atoms with van der Waals surface area (Å²) in [7, 11) is 0. The highest BCUT2D eigenvalue weighted by Crippen LogP contribution is 2.22. The molecule has 24 heavy (non-hydrogen) atoms. The van der Waals surface area contributed by atoms with E-state index in [-0.39, 0.29) is 42.6 Å². The molecule has 2 aromatic rings. The number of carbonyl (C=O) groups excluding carboxylic acids is 3. The Morgan fingerprint density at radius 2 is 2.00 bits per heavy atom. The Bertz CT molecular complexity index is 706. The number of hydrogen-bond acceptors (Lipinski definition) is 6. The lowest BCUT2D eigenvalue weighted by Gasteiger charge is -2.08. The lowest BCUT2D eigenvalue weighted by atomic mass is 10.4. The number of anilines is 1. The lowest BCUT2D eigenvalue weighted by Crippen LogP contribution is -2.26. The maximum absolute atomic E-state index is 12.0. The standard InChI is InChI=1S/C16H18N2O5S/c1-10(2)23-14(19)7-8-17-16(21)12-5-6-13(24-12)18-15(20)11-4-3-9-22-11/h3-6,9-10H,7-8H2,1-2H3,(H,17,21)(H,18,20). The highest BCUT2D eigenvalue weighted by atomic mass is 32.1. The quantitative estimate of drug-likeness (QED) is 0.748. The third-order valence-electron chi connectivity index (χ3n) is 2.79. The third-order valence-corrected chi connectivity index (χ3v) is 3.79. The third kappa shape index (κ3) is 5.24. The van der Waals surface area contributed by atoms with Crippen molar-refractivity contribution in [2.45, 2.75) is 26.4 Å². The summed E-state index contributed by atoms with van der Waals surface area (Å²) < 4.78 is 9.97. The zero-order valence-electron chi connectivity index (χ0n) is 13.3. The molecule has 0 fully saturated rings. The van der Waals surface area contributed by atoms with Gasteiger partial charge in [0.05, 0.1) is 28.7 Å². The molecule has 0 spiro atoms. The van der Waals surface area contributed by atoms with E-state index in [9.17, 15) is 14.4 Å². The van der Waals surface area contributed by atoms with Gasteiger partial charge in [0.15, 0.2) is 5.76 Å². The molecular weight excluding hydrogens is 332 g/mol. The van der Waals surface area contributed by atoms with Crippen molar-refractivity contribution >= 4 is 34.1 Å². The Balaban J connectivity index is 1.80. The smallest absolute Gasteiger partial charge is 0.307 e. The van der Waals surface area contributed by atoms with Crippen molar-refractivity contribution < 1.29 is 23.5 Å². The molecule has 2 amide bonds. The Morgan fingerprint density at radius 1 is 1.21 bits per heavy atom. The molecule has 0 aliphatic rings. The van der Waals surface area contributed by atoms with Crippen LogP contribution in [0.15, 0.2) is 34.9 Å². The molecule has 2 heterocycles. The van der Waals surface area contributed by atoms with Crippen LogP contribution in [0.1, 0.15) is 40.5 Å². The topological polar surface area (TPSA) is 97.6 Å². The summed E-state index contributed by atoms with van der Waals surface area (Å²) in [6.07, 6.45) is 1.34. The summed E-state index contributed by atoms with van der Waals surface area (Å²) in [5.41, 5.74) is 0. The largest absolute Gasteiger partial charge is 0.463 e. The molecule has 0 atom stereocenters. The van der Waals surface area contributed by atoms with Gasteiger partial charge in [-0.1, -0.05) is 0 Å². The fourth-order valence-electron chi connectivity index (χ4n) is 1.80. The number of carbonyl (C=O) groups is 3. The Labute approximate surface area is 143 Å². The summed E-state index contributed by atoms with van der Waals surface area (Å²) in [6, 6.07) is 6.40. The summed E-state index contributed by atoms with van der Waals surface area (Å²) in [5.74, 6) is -0.859. The molecule has 8 heteroatoms. The van der Waals surface area contributed by atoms with Crippen molar-refractivity contribution in [3.8, 4) is 0 Å². The van der Waals surface area contributed by atoms with Gasteiger partial charge in [0.1, 0.15) is 0 Å². The van der Waals surface area contributed by atoms with Crippen molar-refractivity contribution in [1.29, 1.82) is 0 Å². The minimum atomic E-state index is -0.384. The number of rotatable bonds is 7. The molecular formula is C16H18N2O5S. The second-order valence-corrected chi connectivity index (χ2v) is 6.22. The average Bonchev–Trinajstić information content (AvgIpc) is 3.17. The van der Waals surface area contributed by atoms with Crippen molar-refractivity contribution in [3.63, 3.8) is 0 Å². The molecule has 128 valence electrons. The van der Waals surface area contributed by atoms with E-state index in [0.717, 1.165) is 11.3 Å². The molecule has 2 rings (SSSR count). The number of thiophene rings is 1. The molecule has 0 aliphatic carbocycles. The highest BCUT2D eigenvalue weighted by molar-refractivity contribution is 7.18. The van der Waals surface area contributed by atoms with Crippen LogP contribution >= 0.6 is 11.3 Å². The highest BCUT2D eigenvalue weighted by Gasteiger charge is 2.14. The number of ether oxygens (including phenoxy) is 1. The molecule has 0 aliphatic heterocycles. The zero-order valence-corrected chi connectivity index (χ0v) is 14.1. The first-order valence-corrected chi connectivity index (χ1v) is 8.19. The van der Waals surface area contributed by atoms with Gasteiger partial charge in [-0.2, -0.15) is 0 Å². The maximum atomic E-state index is 12.0. The number of amides is 2. The van der Waals surface area contributed by atoms with Gasteiger partial charge in [-0.15, -0.1) is 11.3 Å². The molecule has 0 radical (unpaired) electrons. The van der Waals surface area contributed by atoms with Crippen LogP contribution in [0, 0.1) is 0 Å². The van der Waals surface area contributed by atoms with Crippen LogP contribution in [0.5, 0.6) is 0 Å². The molecule has 2 N–H and O–H groups in total. The molecule has 0 unspecified atom stereocenters. The normalized spacial score (nSPS) is 10.5. The van der Waals surface area contributed by atoms with Gasteiger partial charge in [-0.05, 0) is 38.1 Å². The van der Waals surface area contributed by atoms with Crippen LogP contribution in [-0.4, -0.2) is 30.4 Å². The first kappa shape index (κ1) is 17.7. The molecule has 7 nitrogen and oxygen atoms in total. The van der Waals surface area contributed by atoms with Gasteiger partial charge in [-0.25, -0.2) is 0 Å². The van der Waals surface area contributed by atoms with E-state index in [1.54, 1.807) is 38.1 Å². The van der Waals surface area contributed by atoms with Crippen LogP contribution in [0.4, 0.5) is 5.00 Å². The Morgan fingerprint density at radius 3 is 2.67 bits per heavy atom. The Hall–Kier alpha value is -2.61. The van der Waals surface area contributed by atoms with E-state index >= 15 is 0 Å². The SMILES string of the molecule is CC(C)OC(=O)CCNC(=O)c1ccc(NC(=O)c2ccco2)s1. The number of nitrogens with one attached hydrogen (secondary N) is 2. The van der Waals surface area contributed by atoms with Crippen molar-refractivity contribution in [2.24, 2.45) is 0 Å². The fraction of sp³-hybridized carbons (Fsp3) is 0.312. The second kappa shape index (κ2) is 8.30. The van der Waals surface area contributed by atoms with Crippen LogP contribution in [-0.2, 0) is 9.53 Å². The van der Waals surface area contributed by atoms with Crippen LogP contribution in [0.25, 0.3) is 0 Å². The van der Waals surface area contributed by atoms with Crippen molar-refractivity contribution in [1.82, 2.24) is 5.32 Å². The molecule has 0 saturated carbocycles. The molecule has 0 bridgehead atoms. The van der Waals surface area contributed by atoms with Crippen LogP contribution in [0.2, 0.25) is 0 Å². The minimum Gasteiger partial charge on any atom is -0.463 e. The fourth-order valence-corrected chi connectivity index (χ4v) is 2.61. The minimum absolute atomic E-state index is 0.109. The van der Waals surface area contributed by atoms with Crippen LogP contribution < -0.4 is 10.6 Å². The van der Waals surface area contributed by atoms with Gasteiger partial charge >= 0.3 is 5.97 Å². The zero-order chi connectivity index (χ0) is 17.5. The number of furan rings is 1. The maximum Gasteiger partial charge on any atom is 0.307 e. The first-order valence-electron chi connectivity index (χ1n) is 7.38. The Kier molecular flexibility index (Phi) is 6.14. The molecule has 0 aromatic carbocycles. The molecule has 2 aromatic heterocycles. The van der Waals surface area contributed by atoms with E-state index in [1.807, 2.05) is 0 Å². The summed E-state index contributed by atoms with van der Waals surface area (Å²) >= 11 is 1.13. The summed E-state index contributed by atoms with van der Waals surface area (Å²) in [6.45, 7) is 3.72. The summed E-state index contributed by atoms with van der Waals surface area (Å²) in [5, 5.41) is 5.81. The number of esters is 1. The van der Waals surface area contributed by atoms with Gasteiger partial charge in [0.25, 0.3) is 11.8 Å². The van der Waals surface area contributed by atoms with Gasteiger partial charge in [0.2, 0.25) is 0 Å². The van der Waals surface area contributed by atoms with Gasteiger partial charge in [-0.3, -0.25) is 14.4 Å². The van der Waals surface area contributed by atoms with Crippen molar-refractivity contribution in [2.75, 3.05) is 11.9 Å². The van der Waals surface area contributed by atoms with E-state index in [1.165, 1.54) is 6.26 Å². The predicted octanol–water partition coefficient (Wildman–Crippen LogP) is 2.66. The monoisotopic (exact) mass is 350 g/mol. The number of hydrogen-bond donors (Lipinski definition) is 2.